The van der Waals surface area contributed by atoms with Gasteiger partial charge in [0.15, 0.2) is 5.96 Å². The van der Waals surface area contributed by atoms with Crippen LogP contribution < -0.4 is 5.32 Å². The topological polar surface area (TPSA) is 57.9 Å². The average molecular weight is 547 g/mol. The Hall–Kier alpha value is -0.870. The smallest absolute Gasteiger partial charge is 0.193 e. The summed E-state index contributed by atoms with van der Waals surface area (Å²) >= 11 is 0. The first-order valence-electron chi connectivity index (χ1n) is 11.7. The molecule has 3 rings (SSSR count). The molecule has 0 spiro atoms. The molecule has 0 aromatic carbocycles. The maximum atomic E-state index is 5.56. The van der Waals surface area contributed by atoms with Crippen LogP contribution >= 0.6 is 24.0 Å². The molecule has 1 saturated heterocycles. The summed E-state index contributed by atoms with van der Waals surface area (Å²) in [6, 6.07) is 0. The number of nitrogens with one attached hydrogen (secondary N) is 1. The van der Waals surface area contributed by atoms with Crippen molar-refractivity contribution in [1.29, 1.82) is 0 Å². The Bertz CT molecular complexity index is 692. The van der Waals surface area contributed by atoms with Crippen molar-refractivity contribution in [2.45, 2.75) is 58.4 Å². The first-order chi connectivity index (χ1) is 14.4. The summed E-state index contributed by atoms with van der Waals surface area (Å²) in [5, 5.41) is 8.39. The molecule has 31 heavy (non-hydrogen) atoms. The molecular weight excluding hydrogens is 503 g/mol. The molecule has 1 aliphatic heterocycles. The molecule has 0 bridgehead atoms. The Balaban J connectivity index is 0.00000341. The van der Waals surface area contributed by atoms with Gasteiger partial charge in [0.25, 0.3) is 0 Å². The van der Waals surface area contributed by atoms with Crippen molar-refractivity contribution >= 4 is 29.9 Å². The fourth-order valence-corrected chi connectivity index (χ4v) is 5.07. The van der Waals surface area contributed by atoms with Crippen LogP contribution in [-0.2, 0) is 18.3 Å². The summed E-state index contributed by atoms with van der Waals surface area (Å²) in [4.78, 5) is 9.43. The number of nitrogens with zero attached hydrogens (tertiary/aromatic N) is 5. The van der Waals surface area contributed by atoms with Gasteiger partial charge in [0, 0.05) is 71.0 Å². The summed E-state index contributed by atoms with van der Waals surface area (Å²) in [5.41, 5.74) is 2.79. The molecule has 7 nitrogen and oxygen atoms in total. The molecule has 8 heteroatoms. The van der Waals surface area contributed by atoms with E-state index in [1.165, 1.54) is 49.9 Å². The van der Waals surface area contributed by atoms with Gasteiger partial charge in [-0.05, 0) is 18.8 Å². The Morgan fingerprint density at radius 2 is 1.94 bits per heavy atom. The van der Waals surface area contributed by atoms with Gasteiger partial charge in [-0.2, -0.15) is 5.10 Å². The standard InChI is InChI=1S/C23H42N6O.HI/c1-19(2)21-20(16-28(5)26-21)15-27(4)22(24-3)25-17-23(9-7-6-8-10-23)18-29-11-13-30-14-12-29;/h16,19H,6-15,17-18H2,1-5H3,(H,24,25);1H. The Morgan fingerprint density at radius 3 is 2.55 bits per heavy atom. The van der Waals surface area contributed by atoms with E-state index in [-0.39, 0.29) is 24.0 Å². The molecule has 1 aliphatic carbocycles. The van der Waals surface area contributed by atoms with Crippen molar-refractivity contribution in [2.24, 2.45) is 17.5 Å². The van der Waals surface area contributed by atoms with E-state index < -0.39 is 0 Å². The monoisotopic (exact) mass is 546 g/mol. The van der Waals surface area contributed by atoms with Gasteiger partial charge >= 0.3 is 0 Å². The highest BCUT2D eigenvalue weighted by molar-refractivity contribution is 14.0. The van der Waals surface area contributed by atoms with Crippen molar-refractivity contribution in [3.05, 3.63) is 17.5 Å². The van der Waals surface area contributed by atoms with Crippen molar-refractivity contribution < 1.29 is 4.74 Å². The van der Waals surface area contributed by atoms with Gasteiger partial charge in [-0.1, -0.05) is 33.1 Å². The van der Waals surface area contributed by atoms with E-state index in [2.05, 4.69) is 52.3 Å². The second kappa shape index (κ2) is 12.4. The second-order valence-electron chi connectivity index (χ2n) is 9.57. The van der Waals surface area contributed by atoms with Crippen molar-refractivity contribution in [3.63, 3.8) is 0 Å². The Morgan fingerprint density at radius 1 is 1.26 bits per heavy atom. The number of aryl methyl sites for hydroxylation is 1. The van der Waals surface area contributed by atoms with E-state index in [0.717, 1.165) is 45.4 Å². The van der Waals surface area contributed by atoms with Crippen LogP contribution in [0.1, 0.15) is 63.1 Å². The van der Waals surface area contributed by atoms with Gasteiger partial charge in [-0.15, -0.1) is 24.0 Å². The summed E-state index contributed by atoms with van der Waals surface area (Å²) < 4.78 is 7.49. The number of ether oxygens (including phenoxy) is 1. The van der Waals surface area contributed by atoms with E-state index in [0.29, 0.717) is 11.3 Å². The van der Waals surface area contributed by atoms with Gasteiger partial charge in [-0.3, -0.25) is 14.6 Å². The molecule has 1 saturated carbocycles. The molecule has 0 radical (unpaired) electrons. The van der Waals surface area contributed by atoms with Crippen LogP contribution in [0.25, 0.3) is 0 Å². The number of hydrogen-bond donors (Lipinski definition) is 1. The predicted molar refractivity (Wildman–Crippen MR) is 138 cm³/mol. The fraction of sp³-hybridized carbons (Fsp3) is 0.826. The van der Waals surface area contributed by atoms with Crippen LogP contribution in [0.5, 0.6) is 0 Å². The minimum atomic E-state index is 0. The maximum Gasteiger partial charge on any atom is 0.193 e. The van der Waals surface area contributed by atoms with Crippen LogP contribution in [0.4, 0.5) is 0 Å². The van der Waals surface area contributed by atoms with E-state index in [4.69, 9.17) is 4.74 Å². The first kappa shape index (κ1) is 26.4. The lowest BCUT2D eigenvalue weighted by Crippen LogP contribution is -2.51. The zero-order valence-corrected chi connectivity index (χ0v) is 22.5. The van der Waals surface area contributed by atoms with Gasteiger partial charge in [0.05, 0.1) is 18.9 Å². The van der Waals surface area contributed by atoms with E-state index in [1.807, 2.05) is 18.8 Å². The lowest BCUT2D eigenvalue weighted by atomic mass is 9.73. The third-order valence-corrected chi connectivity index (χ3v) is 6.66. The van der Waals surface area contributed by atoms with Gasteiger partial charge in [-0.25, -0.2) is 0 Å². The number of hydrogen-bond acceptors (Lipinski definition) is 4. The number of aliphatic imine (C=N–C) groups is 1. The highest BCUT2D eigenvalue weighted by Crippen LogP contribution is 2.37. The molecular formula is C23H43IN6O. The van der Waals surface area contributed by atoms with E-state index in [1.54, 1.807) is 0 Å². The maximum absolute atomic E-state index is 5.56. The second-order valence-corrected chi connectivity index (χ2v) is 9.57. The lowest BCUT2D eigenvalue weighted by Gasteiger charge is -2.43. The molecule has 1 aromatic heterocycles. The molecule has 1 aromatic rings. The van der Waals surface area contributed by atoms with E-state index in [9.17, 15) is 0 Å². The SMILES string of the molecule is CN=C(NCC1(CN2CCOCC2)CCCCC1)N(C)Cc1cn(C)nc1C(C)C.I. The minimum absolute atomic E-state index is 0. The van der Waals surface area contributed by atoms with Crippen LogP contribution in [-0.4, -0.2) is 79.0 Å². The first-order valence-corrected chi connectivity index (χ1v) is 11.7. The van der Waals surface area contributed by atoms with Gasteiger partial charge < -0.3 is 15.0 Å². The van der Waals surface area contributed by atoms with Crippen LogP contribution in [0.3, 0.4) is 0 Å². The predicted octanol–water partition coefficient (Wildman–Crippen LogP) is 3.45. The van der Waals surface area contributed by atoms with Crippen molar-refractivity contribution in [1.82, 2.24) is 24.9 Å². The molecule has 0 amide bonds. The zero-order chi connectivity index (χ0) is 21.6. The summed E-state index contributed by atoms with van der Waals surface area (Å²) in [5.74, 6) is 1.39. The van der Waals surface area contributed by atoms with E-state index >= 15 is 0 Å². The molecule has 0 unspecified atom stereocenters. The van der Waals surface area contributed by atoms with Crippen LogP contribution in [0, 0.1) is 5.41 Å². The van der Waals surface area contributed by atoms with Crippen molar-refractivity contribution in [2.75, 3.05) is 53.5 Å². The number of aromatic nitrogens is 2. The van der Waals surface area contributed by atoms with Crippen molar-refractivity contribution in [3.8, 4) is 0 Å². The third-order valence-electron chi connectivity index (χ3n) is 6.66. The molecule has 2 fully saturated rings. The molecule has 178 valence electrons. The lowest BCUT2D eigenvalue weighted by molar-refractivity contribution is 0.00810. The summed E-state index contributed by atoms with van der Waals surface area (Å²) in [6.07, 6.45) is 8.80. The fourth-order valence-electron chi connectivity index (χ4n) is 5.07. The van der Waals surface area contributed by atoms with Crippen LogP contribution in [0.15, 0.2) is 11.2 Å². The van der Waals surface area contributed by atoms with Gasteiger partial charge in [0.2, 0.25) is 0 Å². The average Bonchev–Trinajstić information content (AvgIpc) is 3.10. The molecule has 0 atom stereocenters. The number of halogens is 1. The van der Waals surface area contributed by atoms with Crippen LogP contribution in [0.2, 0.25) is 0 Å². The number of morpholine rings is 1. The molecule has 2 heterocycles. The Labute approximate surface area is 206 Å². The molecule has 1 N–H and O–H groups in total. The number of rotatable bonds is 7. The summed E-state index contributed by atoms with van der Waals surface area (Å²) in [7, 11) is 6.02. The highest BCUT2D eigenvalue weighted by Gasteiger charge is 2.34. The third kappa shape index (κ3) is 7.32. The minimum Gasteiger partial charge on any atom is -0.379 e. The van der Waals surface area contributed by atoms with Gasteiger partial charge in [0.1, 0.15) is 0 Å². The zero-order valence-electron chi connectivity index (χ0n) is 20.2. The highest BCUT2D eigenvalue weighted by atomic mass is 127. The quantitative estimate of drug-likeness (QED) is 0.323. The molecule has 2 aliphatic rings. The Kier molecular flexibility index (Phi) is 10.5. The normalized spacial score (nSPS) is 19.9. The number of guanidine groups is 1. The largest absolute Gasteiger partial charge is 0.379 e. The summed E-state index contributed by atoms with van der Waals surface area (Å²) in [6.45, 7) is 11.3.